The third kappa shape index (κ3) is 2.62. The van der Waals surface area contributed by atoms with Crippen molar-refractivity contribution < 1.29 is 0 Å². The summed E-state index contributed by atoms with van der Waals surface area (Å²) >= 11 is 0. The Morgan fingerprint density at radius 1 is 1.40 bits per heavy atom. The zero-order chi connectivity index (χ0) is 14.1. The molecule has 0 aromatic carbocycles. The normalized spacial score (nSPS) is 23.1. The molecule has 7 nitrogen and oxygen atoms in total. The van der Waals surface area contributed by atoms with Gasteiger partial charge >= 0.3 is 0 Å². The number of nitrogens with one attached hydrogen (secondary N) is 2. The third-order valence-corrected chi connectivity index (χ3v) is 3.65. The van der Waals surface area contributed by atoms with Crippen molar-refractivity contribution in [2.45, 2.75) is 44.7 Å². The molecule has 1 saturated carbocycles. The summed E-state index contributed by atoms with van der Waals surface area (Å²) in [7, 11) is 0. The van der Waals surface area contributed by atoms with Gasteiger partial charge < -0.3 is 11.1 Å². The zero-order valence-corrected chi connectivity index (χ0v) is 11.7. The van der Waals surface area contributed by atoms with Gasteiger partial charge in [-0.05, 0) is 26.7 Å². The summed E-state index contributed by atoms with van der Waals surface area (Å²) < 4.78 is 0. The first-order chi connectivity index (χ1) is 9.61. The highest BCUT2D eigenvalue weighted by molar-refractivity contribution is 5.38. The number of hydrogen-bond donors (Lipinski definition) is 3. The Bertz CT molecular complexity index is 588. The van der Waals surface area contributed by atoms with E-state index in [0.717, 1.165) is 36.0 Å². The molecule has 0 bridgehead atoms. The predicted octanol–water partition coefficient (Wildman–Crippen LogP) is 1.28. The molecule has 0 radical (unpaired) electrons. The van der Waals surface area contributed by atoms with Crippen LogP contribution in [0.1, 0.15) is 49.1 Å². The lowest BCUT2D eigenvalue weighted by Gasteiger charge is -2.31. The Morgan fingerprint density at radius 3 is 2.85 bits per heavy atom. The lowest BCUT2D eigenvalue weighted by atomic mass is 9.78. The van der Waals surface area contributed by atoms with Gasteiger partial charge in [-0.2, -0.15) is 5.10 Å². The van der Waals surface area contributed by atoms with Crippen molar-refractivity contribution in [3.05, 3.63) is 29.7 Å². The molecule has 2 heterocycles. The maximum atomic E-state index is 5.82. The molecule has 1 atom stereocenters. The number of aromatic amines is 1. The van der Waals surface area contributed by atoms with Crippen LogP contribution in [0.3, 0.4) is 0 Å². The van der Waals surface area contributed by atoms with Gasteiger partial charge in [0.05, 0.1) is 6.04 Å². The van der Waals surface area contributed by atoms with Crippen LogP contribution in [0.2, 0.25) is 0 Å². The van der Waals surface area contributed by atoms with Crippen LogP contribution in [0.25, 0.3) is 0 Å². The predicted molar refractivity (Wildman–Crippen MR) is 75.1 cm³/mol. The average Bonchev–Trinajstić information content (AvgIpc) is 2.82. The average molecular weight is 273 g/mol. The molecule has 1 aliphatic rings. The topological polar surface area (TPSA) is 105 Å². The minimum absolute atomic E-state index is 0.00801. The molecule has 7 heteroatoms. The number of rotatable bonds is 4. The summed E-state index contributed by atoms with van der Waals surface area (Å²) in [6, 6.07) is 2.31. The summed E-state index contributed by atoms with van der Waals surface area (Å²) in [6.07, 6.45) is 3.61. The first-order valence-electron chi connectivity index (χ1n) is 6.85. The van der Waals surface area contributed by atoms with Crippen LogP contribution in [-0.4, -0.2) is 31.2 Å². The first kappa shape index (κ1) is 13.0. The van der Waals surface area contributed by atoms with Crippen molar-refractivity contribution in [1.82, 2.24) is 25.1 Å². The van der Waals surface area contributed by atoms with Crippen LogP contribution in [0.15, 0.2) is 12.4 Å². The van der Waals surface area contributed by atoms with Crippen LogP contribution in [0.5, 0.6) is 0 Å². The Labute approximate surface area is 117 Å². The second-order valence-corrected chi connectivity index (χ2v) is 5.40. The maximum absolute atomic E-state index is 5.82. The number of nitrogens with two attached hydrogens (primary N) is 1. The van der Waals surface area contributed by atoms with Gasteiger partial charge in [-0.25, -0.2) is 15.0 Å². The lowest BCUT2D eigenvalue weighted by molar-refractivity contribution is 0.345. The van der Waals surface area contributed by atoms with E-state index in [0.29, 0.717) is 12.0 Å². The molecule has 20 heavy (non-hydrogen) atoms. The van der Waals surface area contributed by atoms with E-state index in [1.54, 1.807) is 6.33 Å². The van der Waals surface area contributed by atoms with E-state index in [1.807, 2.05) is 19.9 Å². The van der Waals surface area contributed by atoms with Crippen LogP contribution < -0.4 is 11.1 Å². The Kier molecular flexibility index (Phi) is 3.35. The Morgan fingerprint density at radius 2 is 2.20 bits per heavy atom. The van der Waals surface area contributed by atoms with Crippen LogP contribution in [0, 0.1) is 6.92 Å². The van der Waals surface area contributed by atoms with Gasteiger partial charge in [0, 0.05) is 23.7 Å². The van der Waals surface area contributed by atoms with Crippen molar-refractivity contribution >= 4 is 5.82 Å². The quantitative estimate of drug-likeness (QED) is 0.775. The number of nitrogens with zero attached hydrogens (tertiary/aromatic N) is 4. The molecular weight excluding hydrogens is 254 g/mol. The number of H-pyrrole nitrogens is 1. The minimum atomic E-state index is -0.00801. The highest BCUT2D eigenvalue weighted by Gasteiger charge is 2.28. The molecule has 0 aliphatic heterocycles. The van der Waals surface area contributed by atoms with Crippen molar-refractivity contribution in [3.8, 4) is 0 Å². The molecule has 0 amide bonds. The van der Waals surface area contributed by atoms with Gasteiger partial charge in [0.25, 0.3) is 0 Å². The minimum Gasteiger partial charge on any atom is -0.360 e. The van der Waals surface area contributed by atoms with E-state index in [9.17, 15) is 0 Å². The number of anilines is 1. The first-order valence-corrected chi connectivity index (χ1v) is 6.85. The molecular formula is C13H19N7. The highest BCUT2D eigenvalue weighted by atomic mass is 15.2. The molecule has 2 aromatic heterocycles. The fraction of sp³-hybridized carbons (Fsp3) is 0.538. The van der Waals surface area contributed by atoms with Crippen molar-refractivity contribution in [1.29, 1.82) is 0 Å². The SMILES string of the molecule is Cc1nc([C@@H](C)Nc2cc(C3CC(N)C3)ncn2)n[nH]1. The summed E-state index contributed by atoms with van der Waals surface area (Å²) in [4.78, 5) is 12.9. The lowest BCUT2D eigenvalue weighted by Crippen LogP contribution is -2.35. The maximum Gasteiger partial charge on any atom is 0.172 e. The fourth-order valence-corrected chi connectivity index (χ4v) is 2.42. The van der Waals surface area contributed by atoms with E-state index in [1.165, 1.54) is 0 Å². The smallest absolute Gasteiger partial charge is 0.172 e. The largest absolute Gasteiger partial charge is 0.360 e. The second-order valence-electron chi connectivity index (χ2n) is 5.40. The summed E-state index contributed by atoms with van der Waals surface area (Å²) in [6.45, 7) is 3.88. The van der Waals surface area contributed by atoms with Crippen molar-refractivity contribution in [2.24, 2.45) is 5.73 Å². The molecule has 0 saturated heterocycles. The van der Waals surface area contributed by atoms with E-state index >= 15 is 0 Å². The number of aryl methyl sites for hydroxylation is 1. The molecule has 4 N–H and O–H groups in total. The molecule has 2 aromatic rings. The summed E-state index contributed by atoms with van der Waals surface area (Å²) in [5.74, 6) is 2.80. The van der Waals surface area contributed by atoms with E-state index in [2.05, 4.69) is 30.5 Å². The molecule has 106 valence electrons. The molecule has 0 spiro atoms. The fourth-order valence-electron chi connectivity index (χ4n) is 2.42. The van der Waals surface area contributed by atoms with Crippen LogP contribution in [0.4, 0.5) is 5.82 Å². The second kappa shape index (κ2) is 5.16. The van der Waals surface area contributed by atoms with E-state index in [4.69, 9.17) is 5.73 Å². The highest BCUT2D eigenvalue weighted by Crippen LogP contribution is 2.35. The van der Waals surface area contributed by atoms with Crippen molar-refractivity contribution in [2.75, 3.05) is 5.32 Å². The van der Waals surface area contributed by atoms with Gasteiger partial charge in [-0.1, -0.05) is 0 Å². The van der Waals surface area contributed by atoms with Gasteiger partial charge in [0.2, 0.25) is 0 Å². The molecule has 3 rings (SSSR count). The van der Waals surface area contributed by atoms with Gasteiger partial charge in [-0.15, -0.1) is 0 Å². The number of hydrogen-bond acceptors (Lipinski definition) is 6. The van der Waals surface area contributed by atoms with Crippen molar-refractivity contribution in [3.63, 3.8) is 0 Å². The van der Waals surface area contributed by atoms with Gasteiger partial charge in [0.15, 0.2) is 5.82 Å². The number of aromatic nitrogens is 5. The van der Waals surface area contributed by atoms with E-state index < -0.39 is 0 Å². The Hall–Kier alpha value is -2.02. The standard InChI is InChI=1S/C13H19N7/c1-7(13-18-8(2)19-20-13)17-12-5-11(15-6-16-12)9-3-10(14)4-9/h5-7,9-10H,3-4,14H2,1-2H3,(H,15,16,17)(H,18,19,20)/t7-,9?,10?/m1/s1. The van der Waals surface area contributed by atoms with E-state index in [-0.39, 0.29) is 6.04 Å². The van der Waals surface area contributed by atoms with Crippen LogP contribution >= 0.6 is 0 Å². The zero-order valence-electron chi connectivity index (χ0n) is 11.7. The Balaban J connectivity index is 1.69. The summed E-state index contributed by atoms with van der Waals surface area (Å²) in [5.41, 5.74) is 6.88. The van der Waals surface area contributed by atoms with Gasteiger partial charge in [0.1, 0.15) is 18.0 Å². The molecule has 0 unspecified atom stereocenters. The summed E-state index contributed by atoms with van der Waals surface area (Å²) in [5, 5.41) is 10.3. The molecule has 1 aliphatic carbocycles. The third-order valence-electron chi connectivity index (χ3n) is 3.65. The monoisotopic (exact) mass is 273 g/mol. The van der Waals surface area contributed by atoms with Crippen LogP contribution in [-0.2, 0) is 0 Å². The molecule has 1 fully saturated rings. The van der Waals surface area contributed by atoms with Gasteiger partial charge in [-0.3, -0.25) is 5.10 Å².